The predicted molar refractivity (Wildman–Crippen MR) is 118 cm³/mol. The topological polar surface area (TPSA) is 63.1 Å². The van der Waals surface area contributed by atoms with Gasteiger partial charge in [0.15, 0.2) is 11.0 Å². The predicted octanol–water partition coefficient (Wildman–Crippen LogP) is 3.73. The van der Waals surface area contributed by atoms with Crippen LogP contribution in [0.25, 0.3) is 11.4 Å². The van der Waals surface area contributed by atoms with E-state index in [0.717, 1.165) is 41.5 Å². The smallest absolute Gasteiger partial charge is 0.230 e. The zero-order valence-electron chi connectivity index (χ0n) is 17.6. The highest BCUT2D eigenvalue weighted by Gasteiger charge is 2.42. The molecule has 0 spiro atoms. The molecule has 0 unspecified atom stereocenters. The van der Waals surface area contributed by atoms with Crippen molar-refractivity contribution < 1.29 is 4.79 Å². The van der Waals surface area contributed by atoms with Crippen LogP contribution in [0.5, 0.6) is 0 Å². The molecular formula is C22H31N5OS. The number of amides is 1. The molecule has 1 amide bonds. The lowest BCUT2D eigenvalue weighted by Crippen LogP contribution is -2.39. The zero-order valence-corrected chi connectivity index (χ0v) is 18.4. The fourth-order valence-corrected chi connectivity index (χ4v) is 4.71. The molecule has 2 aromatic rings. The molecule has 2 aliphatic carbocycles. The number of nitrogens with zero attached hydrogens (tertiary/aromatic N) is 4. The summed E-state index contributed by atoms with van der Waals surface area (Å²) in [5.41, 5.74) is 2.25. The van der Waals surface area contributed by atoms with Crippen molar-refractivity contribution in [3.63, 3.8) is 0 Å². The SMILES string of the molecule is CCN(CC)c1ccc(-c2nnc(SCC(=O)NC(C3CC3)C3CC3)n2C)cc1. The molecule has 4 rings (SSSR count). The standard InChI is InChI=1S/C22H31N5OS/c1-4-27(5-2)18-12-10-17(11-13-18)21-24-25-22(26(21)3)29-14-19(28)23-20(15-6-7-15)16-8-9-16/h10-13,15-16,20H,4-9,14H2,1-3H3,(H,23,28). The van der Waals surface area contributed by atoms with Crippen LogP contribution in [0.4, 0.5) is 5.69 Å². The number of hydrogen-bond acceptors (Lipinski definition) is 5. The Morgan fingerprint density at radius 1 is 1.14 bits per heavy atom. The molecule has 2 saturated carbocycles. The molecule has 0 saturated heterocycles. The van der Waals surface area contributed by atoms with Gasteiger partial charge in [0.2, 0.25) is 5.91 Å². The van der Waals surface area contributed by atoms with Crippen LogP contribution in [-0.4, -0.2) is 45.6 Å². The minimum atomic E-state index is 0.118. The van der Waals surface area contributed by atoms with Gasteiger partial charge in [0.1, 0.15) is 0 Å². The van der Waals surface area contributed by atoms with Gasteiger partial charge in [-0.1, -0.05) is 11.8 Å². The van der Waals surface area contributed by atoms with Gasteiger partial charge in [-0.25, -0.2) is 0 Å². The Morgan fingerprint density at radius 3 is 2.31 bits per heavy atom. The third kappa shape index (κ3) is 4.77. The van der Waals surface area contributed by atoms with E-state index in [-0.39, 0.29) is 5.91 Å². The normalized spacial score (nSPS) is 16.3. The summed E-state index contributed by atoms with van der Waals surface area (Å²) >= 11 is 1.46. The molecule has 1 heterocycles. The van der Waals surface area contributed by atoms with E-state index >= 15 is 0 Å². The van der Waals surface area contributed by atoms with Gasteiger partial charge < -0.3 is 14.8 Å². The second-order valence-electron chi connectivity index (χ2n) is 8.14. The Labute approximate surface area is 177 Å². The first-order valence-electron chi connectivity index (χ1n) is 10.8. The molecule has 6 nitrogen and oxygen atoms in total. The number of carbonyl (C=O) groups excluding carboxylic acids is 1. The first-order valence-corrected chi connectivity index (χ1v) is 11.8. The number of rotatable bonds is 10. The average molecular weight is 414 g/mol. The highest BCUT2D eigenvalue weighted by molar-refractivity contribution is 7.99. The second-order valence-corrected chi connectivity index (χ2v) is 9.08. The largest absolute Gasteiger partial charge is 0.372 e. The van der Waals surface area contributed by atoms with E-state index in [1.165, 1.54) is 43.1 Å². The lowest BCUT2D eigenvalue weighted by atomic mass is 10.1. The Kier molecular flexibility index (Phi) is 6.13. The minimum absolute atomic E-state index is 0.118. The molecule has 0 radical (unpaired) electrons. The van der Waals surface area contributed by atoms with Crippen LogP contribution in [0, 0.1) is 11.8 Å². The van der Waals surface area contributed by atoms with E-state index in [2.05, 4.69) is 58.5 Å². The van der Waals surface area contributed by atoms with Gasteiger partial charge in [0.05, 0.1) is 5.75 Å². The average Bonchev–Trinajstić information content (AvgIpc) is 3.65. The Bertz CT molecular complexity index is 825. The van der Waals surface area contributed by atoms with Gasteiger partial charge in [-0.3, -0.25) is 4.79 Å². The maximum atomic E-state index is 12.4. The summed E-state index contributed by atoms with van der Waals surface area (Å²) < 4.78 is 1.98. The quantitative estimate of drug-likeness (QED) is 0.602. The van der Waals surface area contributed by atoms with Crippen LogP contribution in [0.1, 0.15) is 39.5 Å². The third-order valence-corrected chi connectivity index (χ3v) is 7.03. The van der Waals surface area contributed by atoms with E-state index in [1.54, 1.807) is 0 Å². The Hall–Kier alpha value is -2.02. The summed E-state index contributed by atoms with van der Waals surface area (Å²) in [5.74, 6) is 2.78. The number of hydrogen-bond donors (Lipinski definition) is 1. The molecule has 0 atom stereocenters. The fourth-order valence-electron chi connectivity index (χ4n) is 3.99. The Morgan fingerprint density at radius 2 is 1.76 bits per heavy atom. The molecule has 2 fully saturated rings. The van der Waals surface area contributed by atoms with Gasteiger partial charge in [0, 0.05) is 37.4 Å². The van der Waals surface area contributed by atoms with Crippen LogP contribution in [-0.2, 0) is 11.8 Å². The third-order valence-electron chi connectivity index (χ3n) is 6.01. The van der Waals surface area contributed by atoms with Gasteiger partial charge in [-0.2, -0.15) is 0 Å². The first kappa shape index (κ1) is 20.3. The van der Waals surface area contributed by atoms with Crippen molar-refractivity contribution in [2.75, 3.05) is 23.7 Å². The van der Waals surface area contributed by atoms with Crippen LogP contribution in [0.15, 0.2) is 29.4 Å². The van der Waals surface area contributed by atoms with E-state index in [9.17, 15) is 4.79 Å². The summed E-state index contributed by atoms with van der Waals surface area (Å²) in [4.78, 5) is 14.8. The molecule has 29 heavy (non-hydrogen) atoms. The summed E-state index contributed by atoms with van der Waals surface area (Å²) in [6.45, 7) is 6.31. The molecule has 2 aliphatic rings. The number of nitrogens with one attached hydrogen (secondary N) is 1. The molecule has 7 heteroatoms. The van der Waals surface area contributed by atoms with E-state index in [0.29, 0.717) is 11.8 Å². The van der Waals surface area contributed by atoms with Crippen LogP contribution in [0.2, 0.25) is 0 Å². The van der Waals surface area contributed by atoms with Crippen molar-refractivity contribution in [3.8, 4) is 11.4 Å². The monoisotopic (exact) mass is 413 g/mol. The molecule has 1 aromatic heterocycles. The van der Waals surface area contributed by atoms with E-state index < -0.39 is 0 Å². The zero-order chi connectivity index (χ0) is 20.4. The molecule has 0 bridgehead atoms. The minimum Gasteiger partial charge on any atom is -0.372 e. The highest BCUT2D eigenvalue weighted by Crippen LogP contribution is 2.44. The van der Waals surface area contributed by atoms with Crippen LogP contribution < -0.4 is 10.2 Å². The summed E-state index contributed by atoms with van der Waals surface area (Å²) in [6.07, 6.45) is 5.09. The van der Waals surface area contributed by atoms with Crippen LogP contribution >= 0.6 is 11.8 Å². The number of aromatic nitrogens is 3. The van der Waals surface area contributed by atoms with Crippen molar-refractivity contribution in [1.82, 2.24) is 20.1 Å². The van der Waals surface area contributed by atoms with Gasteiger partial charge in [-0.05, 0) is 75.6 Å². The van der Waals surface area contributed by atoms with Crippen molar-refractivity contribution in [3.05, 3.63) is 24.3 Å². The fraction of sp³-hybridized carbons (Fsp3) is 0.591. The first-order chi connectivity index (χ1) is 14.1. The van der Waals surface area contributed by atoms with E-state index in [4.69, 9.17) is 0 Å². The second kappa shape index (κ2) is 8.78. The maximum absolute atomic E-state index is 12.4. The number of benzene rings is 1. The number of thioether (sulfide) groups is 1. The van der Waals surface area contributed by atoms with Gasteiger partial charge >= 0.3 is 0 Å². The summed E-state index contributed by atoms with van der Waals surface area (Å²) in [6, 6.07) is 8.85. The highest BCUT2D eigenvalue weighted by atomic mass is 32.2. The number of anilines is 1. The van der Waals surface area contributed by atoms with Crippen molar-refractivity contribution in [1.29, 1.82) is 0 Å². The molecule has 1 aromatic carbocycles. The van der Waals surface area contributed by atoms with Crippen LogP contribution in [0.3, 0.4) is 0 Å². The van der Waals surface area contributed by atoms with Crippen molar-refractivity contribution >= 4 is 23.4 Å². The van der Waals surface area contributed by atoms with Gasteiger partial charge in [-0.15, -0.1) is 10.2 Å². The van der Waals surface area contributed by atoms with Crippen molar-refractivity contribution in [2.24, 2.45) is 18.9 Å². The van der Waals surface area contributed by atoms with Crippen molar-refractivity contribution in [2.45, 2.75) is 50.7 Å². The molecule has 1 N–H and O–H groups in total. The Balaban J connectivity index is 1.36. The maximum Gasteiger partial charge on any atom is 0.230 e. The molecule has 156 valence electrons. The lowest BCUT2D eigenvalue weighted by molar-refractivity contribution is -0.119. The molecular weight excluding hydrogens is 382 g/mol. The summed E-state index contributed by atoms with van der Waals surface area (Å²) in [5, 5.41) is 12.7. The lowest BCUT2D eigenvalue weighted by Gasteiger charge is -2.21. The summed E-state index contributed by atoms with van der Waals surface area (Å²) in [7, 11) is 1.96. The molecule has 0 aliphatic heterocycles. The van der Waals surface area contributed by atoms with Gasteiger partial charge in [0.25, 0.3) is 0 Å². The van der Waals surface area contributed by atoms with E-state index in [1.807, 2.05) is 11.6 Å². The number of carbonyl (C=O) groups is 1.